The van der Waals surface area contributed by atoms with Gasteiger partial charge in [0.05, 0.1) is 15.9 Å². The lowest BCUT2D eigenvalue weighted by atomic mass is 9.97. The lowest BCUT2D eigenvalue weighted by Gasteiger charge is -2.39. The Morgan fingerprint density at radius 3 is 2.63 bits per heavy atom. The molecule has 1 saturated heterocycles. The Morgan fingerprint density at radius 1 is 1.58 bits per heavy atom. The minimum atomic E-state index is -3.48. The summed E-state index contributed by atoms with van der Waals surface area (Å²) in [5.74, 6) is 0. The van der Waals surface area contributed by atoms with E-state index < -0.39 is 10.0 Å². The number of nitrogens with zero attached hydrogens (tertiary/aromatic N) is 2. The molecule has 0 aliphatic carbocycles. The summed E-state index contributed by atoms with van der Waals surface area (Å²) in [6, 6.07) is 1.46. The van der Waals surface area contributed by atoms with Crippen LogP contribution in [0.3, 0.4) is 0 Å². The van der Waals surface area contributed by atoms with Crippen LogP contribution < -0.4 is 5.73 Å². The number of thiocarbonyl (C=S) groups is 1. The number of aromatic amines is 1. The molecule has 0 aromatic carbocycles. The normalized spacial score (nSPS) is 20.3. The van der Waals surface area contributed by atoms with Crippen molar-refractivity contribution in [3.05, 3.63) is 12.3 Å². The molecular formula is C10H16N4O2S3. The Labute approximate surface area is 122 Å². The standard InChI is InChI=1S/C10H16N4O2S3/c1-18-10(9(11)17)3-6-14(7-4-10)19(15,16)8-2-5-12-13-8/h2,5H,3-4,6-7H2,1H3,(H2,11,17)(H,12,13). The predicted octanol–water partition coefficient (Wildman–Crippen LogP) is 0.582. The maximum atomic E-state index is 12.3. The molecule has 2 heterocycles. The largest absolute Gasteiger partial charge is 0.392 e. The van der Waals surface area contributed by atoms with Crippen LogP contribution in [0, 0.1) is 0 Å². The van der Waals surface area contributed by atoms with E-state index >= 15 is 0 Å². The van der Waals surface area contributed by atoms with Crippen LogP contribution >= 0.6 is 24.0 Å². The summed E-state index contributed by atoms with van der Waals surface area (Å²) in [4.78, 5) is 0.457. The first-order chi connectivity index (χ1) is 8.92. The van der Waals surface area contributed by atoms with Crippen LogP contribution in [0.15, 0.2) is 17.3 Å². The van der Waals surface area contributed by atoms with Crippen LogP contribution in [0.5, 0.6) is 0 Å². The summed E-state index contributed by atoms with van der Waals surface area (Å²) in [5, 5.41) is 6.30. The van der Waals surface area contributed by atoms with Gasteiger partial charge in [-0.3, -0.25) is 5.10 Å². The third-order valence-electron chi connectivity index (χ3n) is 3.46. The van der Waals surface area contributed by atoms with Gasteiger partial charge in [0.25, 0.3) is 10.0 Å². The number of thioether (sulfide) groups is 1. The van der Waals surface area contributed by atoms with Crippen molar-refractivity contribution in [2.75, 3.05) is 19.3 Å². The molecule has 0 atom stereocenters. The van der Waals surface area contributed by atoms with E-state index in [1.54, 1.807) is 11.8 Å². The Bertz CT molecular complexity index is 547. The molecule has 9 heteroatoms. The highest BCUT2D eigenvalue weighted by molar-refractivity contribution is 8.02. The number of rotatable bonds is 4. The van der Waals surface area contributed by atoms with Crippen LogP contribution in [0.4, 0.5) is 0 Å². The lowest BCUT2D eigenvalue weighted by molar-refractivity contribution is 0.332. The molecule has 1 fully saturated rings. The van der Waals surface area contributed by atoms with E-state index in [0.29, 0.717) is 30.9 Å². The highest BCUT2D eigenvalue weighted by atomic mass is 32.2. The van der Waals surface area contributed by atoms with E-state index in [4.69, 9.17) is 18.0 Å². The van der Waals surface area contributed by atoms with Crippen LogP contribution in [-0.4, -0.2) is 52.0 Å². The Balaban J connectivity index is 2.15. The fourth-order valence-electron chi connectivity index (χ4n) is 2.16. The van der Waals surface area contributed by atoms with E-state index in [9.17, 15) is 8.42 Å². The quantitative estimate of drug-likeness (QED) is 0.789. The smallest absolute Gasteiger partial charge is 0.259 e. The molecule has 0 saturated carbocycles. The van der Waals surface area contributed by atoms with Gasteiger partial charge in [-0.15, -0.1) is 0 Å². The monoisotopic (exact) mass is 320 g/mol. The zero-order valence-electron chi connectivity index (χ0n) is 10.5. The summed E-state index contributed by atoms with van der Waals surface area (Å²) in [7, 11) is -3.48. The third kappa shape index (κ3) is 2.64. The third-order valence-corrected chi connectivity index (χ3v) is 7.22. The van der Waals surface area contributed by atoms with Crippen molar-refractivity contribution in [1.29, 1.82) is 0 Å². The average molecular weight is 320 g/mol. The number of nitrogens with one attached hydrogen (secondary N) is 1. The Morgan fingerprint density at radius 2 is 2.21 bits per heavy atom. The Kier molecular flexibility index (Phi) is 4.19. The maximum Gasteiger partial charge on any atom is 0.259 e. The van der Waals surface area contributed by atoms with E-state index in [-0.39, 0.29) is 9.77 Å². The summed E-state index contributed by atoms with van der Waals surface area (Å²) in [6.45, 7) is 0.832. The zero-order chi connectivity index (χ0) is 14.1. The second-order valence-corrected chi connectivity index (χ2v) is 7.92. The SMILES string of the molecule is CSC1(C(N)=S)CCN(S(=O)(=O)c2ccn[nH]2)CC1. The van der Waals surface area contributed by atoms with Crippen molar-refractivity contribution in [2.24, 2.45) is 5.73 Å². The van der Waals surface area contributed by atoms with E-state index in [2.05, 4.69) is 10.2 Å². The van der Waals surface area contributed by atoms with Crippen LogP contribution in [-0.2, 0) is 10.0 Å². The minimum absolute atomic E-state index is 0.125. The lowest BCUT2D eigenvalue weighted by Crippen LogP contribution is -2.50. The van der Waals surface area contributed by atoms with Gasteiger partial charge in [-0.1, -0.05) is 12.2 Å². The van der Waals surface area contributed by atoms with Gasteiger partial charge in [-0.05, 0) is 25.2 Å². The molecule has 0 unspecified atom stereocenters. The molecule has 106 valence electrons. The molecule has 1 aromatic rings. The number of piperidine rings is 1. The molecule has 1 aromatic heterocycles. The summed E-state index contributed by atoms with van der Waals surface area (Å²) in [5.41, 5.74) is 5.79. The van der Waals surface area contributed by atoms with Crippen molar-refractivity contribution < 1.29 is 8.42 Å². The number of sulfonamides is 1. The fraction of sp³-hybridized carbons (Fsp3) is 0.600. The topological polar surface area (TPSA) is 92.1 Å². The first-order valence-electron chi connectivity index (χ1n) is 5.77. The van der Waals surface area contributed by atoms with Gasteiger partial charge in [0.1, 0.15) is 0 Å². The van der Waals surface area contributed by atoms with Gasteiger partial charge in [0, 0.05) is 13.1 Å². The molecule has 0 radical (unpaired) electrons. The average Bonchev–Trinajstić information content (AvgIpc) is 2.93. The number of nitrogens with two attached hydrogens (primary N) is 1. The van der Waals surface area contributed by atoms with Gasteiger partial charge in [0.15, 0.2) is 5.03 Å². The van der Waals surface area contributed by atoms with Crippen molar-refractivity contribution >= 4 is 39.0 Å². The number of H-pyrrole nitrogens is 1. The Hall–Kier alpha value is -0.640. The first kappa shape index (κ1) is 14.8. The number of aromatic nitrogens is 2. The second kappa shape index (κ2) is 5.39. The molecule has 0 spiro atoms. The van der Waals surface area contributed by atoms with E-state index in [0.717, 1.165) is 0 Å². The summed E-state index contributed by atoms with van der Waals surface area (Å²) < 4.78 is 25.8. The summed E-state index contributed by atoms with van der Waals surface area (Å²) in [6.07, 6.45) is 4.66. The highest BCUT2D eigenvalue weighted by Gasteiger charge is 2.40. The number of hydrogen-bond donors (Lipinski definition) is 2. The molecule has 0 bridgehead atoms. The summed E-state index contributed by atoms with van der Waals surface area (Å²) >= 11 is 6.71. The molecule has 3 N–H and O–H groups in total. The molecule has 0 amide bonds. The van der Waals surface area contributed by atoms with Crippen LogP contribution in [0.1, 0.15) is 12.8 Å². The second-order valence-electron chi connectivity index (χ2n) is 4.39. The fourth-order valence-corrected chi connectivity index (χ4v) is 4.75. The molecule has 6 nitrogen and oxygen atoms in total. The minimum Gasteiger partial charge on any atom is -0.392 e. The van der Waals surface area contributed by atoms with Crippen molar-refractivity contribution in [2.45, 2.75) is 22.6 Å². The maximum absolute atomic E-state index is 12.3. The van der Waals surface area contributed by atoms with Gasteiger partial charge in [0.2, 0.25) is 0 Å². The van der Waals surface area contributed by atoms with E-state index in [1.165, 1.54) is 16.6 Å². The van der Waals surface area contributed by atoms with Gasteiger partial charge >= 0.3 is 0 Å². The zero-order valence-corrected chi connectivity index (χ0v) is 12.9. The highest BCUT2D eigenvalue weighted by Crippen LogP contribution is 2.36. The van der Waals surface area contributed by atoms with E-state index in [1.807, 2.05) is 6.26 Å². The van der Waals surface area contributed by atoms with Gasteiger partial charge in [-0.25, -0.2) is 8.42 Å². The first-order valence-corrected chi connectivity index (χ1v) is 8.84. The van der Waals surface area contributed by atoms with Crippen molar-refractivity contribution in [1.82, 2.24) is 14.5 Å². The molecular weight excluding hydrogens is 304 g/mol. The molecule has 19 heavy (non-hydrogen) atoms. The molecule has 2 rings (SSSR count). The van der Waals surface area contributed by atoms with Crippen molar-refractivity contribution in [3.8, 4) is 0 Å². The predicted molar refractivity (Wildman–Crippen MR) is 79.6 cm³/mol. The molecule has 1 aliphatic rings. The van der Waals surface area contributed by atoms with Crippen LogP contribution in [0.2, 0.25) is 0 Å². The molecule has 1 aliphatic heterocycles. The van der Waals surface area contributed by atoms with Crippen molar-refractivity contribution in [3.63, 3.8) is 0 Å². The van der Waals surface area contributed by atoms with Gasteiger partial charge < -0.3 is 5.73 Å². The van der Waals surface area contributed by atoms with Gasteiger partial charge in [-0.2, -0.15) is 21.2 Å². The number of hydrogen-bond acceptors (Lipinski definition) is 5. The van der Waals surface area contributed by atoms with Crippen LogP contribution in [0.25, 0.3) is 0 Å².